The van der Waals surface area contributed by atoms with Gasteiger partial charge in [0.05, 0.1) is 12.8 Å². The number of amides is 2. The average molecular weight is 238 g/mol. The van der Waals surface area contributed by atoms with Gasteiger partial charge in [0.15, 0.2) is 0 Å². The van der Waals surface area contributed by atoms with E-state index in [-0.39, 0.29) is 12.1 Å². The summed E-state index contributed by atoms with van der Waals surface area (Å²) in [6.07, 6.45) is 2.61. The maximum Gasteiger partial charge on any atom is 0.317 e. The van der Waals surface area contributed by atoms with Gasteiger partial charge in [-0.15, -0.1) is 0 Å². The second-order valence-corrected chi connectivity index (χ2v) is 4.83. The van der Waals surface area contributed by atoms with Crippen molar-refractivity contribution in [3.05, 3.63) is 24.2 Å². The Morgan fingerprint density at radius 2 is 2.18 bits per heavy atom. The SMILES string of the molecule is CC(C)CC(C)N(C)C(=O)NCc1ccco1. The lowest BCUT2D eigenvalue weighted by Gasteiger charge is -2.26. The topological polar surface area (TPSA) is 45.5 Å². The fourth-order valence-corrected chi connectivity index (χ4v) is 1.74. The molecule has 1 heterocycles. The van der Waals surface area contributed by atoms with Crippen molar-refractivity contribution < 1.29 is 9.21 Å². The van der Waals surface area contributed by atoms with Gasteiger partial charge in [-0.3, -0.25) is 0 Å². The summed E-state index contributed by atoms with van der Waals surface area (Å²) in [5, 5.41) is 2.83. The molecule has 0 bridgehead atoms. The summed E-state index contributed by atoms with van der Waals surface area (Å²) in [6.45, 7) is 6.81. The van der Waals surface area contributed by atoms with E-state index in [2.05, 4.69) is 26.1 Å². The van der Waals surface area contributed by atoms with Gasteiger partial charge in [-0.25, -0.2) is 4.79 Å². The van der Waals surface area contributed by atoms with Gasteiger partial charge in [-0.05, 0) is 31.4 Å². The minimum Gasteiger partial charge on any atom is -0.467 e. The summed E-state index contributed by atoms with van der Waals surface area (Å²) >= 11 is 0. The van der Waals surface area contributed by atoms with Gasteiger partial charge in [-0.1, -0.05) is 13.8 Å². The van der Waals surface area contributed by atoms with E-state index in [1.807, 2.05) is 19.2 Å². The molecule has 4 heteroatoms. The van der Waals surface area contributed by atoms with Crippen molar-refractivity contribution >= 4 is 6.03 Å². The Kier molecular flexibility index (Phi) is 5.07. The molecule has 0 fully saturated rings. The van der Waals surface area contributed by atoms with Gasteiger partial charge in [0.25, 0.3) is 0 Å². The molecule has 0 radical (unpaired) electrons. The van der Waals surface area contributed by atoms with Crippen LogP contribution in [0.3, 0.4) is 0 Å². The third-order valence-electron chi connectivity index (χ3n) is 2.79. The highest BCUT2D eigenvalue weighted by molar-refractivity contribution is 5.74. The molecule has 17 heavy (non-hydrogen) atoms. The average Bonchev–Trinajstić information content (AvgIpc) is 2.76. The number of nitrogens with zero attached hydrogens (tertiary/aromatic N) is 1. The molecule has 2 amide bonds. The second-order valence-electron chi connectivity index (χ2n) is 4.83. The molecule has 0 aliphatic rings. The first kappa shape index (κ1) is 13.6. The van der Waals surface area contributed by atoms with Crippen LogP contribution in [0.1, 0.15) is 33.0 Å². The van der Waals surface area contributed by atoms with Crippen molar-refractivity contribution in [3.63, 3.8) is 0 Å². The van der Waals surface area contributed by atoms with E-state index in [1.165, 1.54) is 0 Å². The maximum absolute atomic E-state index is 11.8. The zero-order valence-electron chi connectivity index (χ0n) is 11.1. The van der Waals surface area contributed by atoms with Crippen molar-refractivity contribution in [2.45, 2.75) is 39.8 Å². The van der Waals surface area contributed by atoms with Crippen molar-refractivity contribution in [1.29, 1.82) is 0 Å². The normalized spacial score (nSPS) is 12.5. The van der Waals surface area contributed by atoms with Crippen molar-refractivity contribution in [1.82, 2.24) is 10.2 Å². The molecule has 1 rings (SSSR count). The molecule has 0 aliphatic heterocycles. The van der Waals surface area contributed by atoms with Crippen LogP contribution < -0.4 is 5.32 Å². The van der Waals surface area contributed by atoms with Crippen LogP contribution >= 0.6 is 0 Å². The van der Waals surface area contributed by atoms with E-state index in [9.17, 15) is 4.79 Å². The Morgan fingerprint density at radius 3 is 2.71 bits per heavy atom. The smallest absolute Gasteiger partial charge is 0.317 e. The highest BCUT2D eigenvalue weighted by Crippen LogP contribution is 2.09. The van der Waals surface area contributed by atoms with Crippen molar-refractivity contribution in [2.24, 2.45) is 5.92 Å². The van der Waals surface area contributed by atoms with Crippen LogP contribution in [-0.4, -0.2) is 24.0 Å². The van der Waals surface area contributed by atoms with E-state index < -0.39 is 0 Å². The summed E-state index contributed by atoms with van der Waals surface area (Å²) in [4.78, 5) is 13.6. The summed E-state index contributed by atoms with van der Waals surface area (Å²) in [5.74, 6) is 1.36. The molecule has 0 saturated heterocycles. The van der Waals surface area contributed by atoms with Crippen LogP contribution in [0.15, 0.2) is 22.8 Å². The molecule has 96 valence electrons. The van der Waals surface area contributed by atoms with Crippen LogP contribution in [-0.2, 0) is 6.54 Å². The Balaban J connectivity index is 2.36. The molecule has 1 atom stereocenters. The molecule has 0 aromatic carbocycles. The largest absolute Gasteiger partial charge is 0.467 e. The van der Waals surface area contributed by atoms with E-state index in [0.29, 0.717) is 12.5 Å². The fraction of sp³-hybridized carbons (Fsp3) is 0.615. The monoisotopic (exact) mass is 238 g/mol. The molecule has 0 aliphatic carbocycles. The number of nitrogens with one attached hydrogen (secondary N) is 1. The van der Waals surface area contributed by atoms with Crippen LogP contribution in [0.5, 0.6) is 0 Å². The molecule has 4 nitrogen and oxygen atoms in total. The third kappa shape index (κ3) is 4.51. The van der Waals surface area contributed by atoms with Gasteiger partial charge < -0.3 is 14.6 Å². The lowest BCUT2D eigenvalue weighted by Crippen LogP contribution is -2.42. The zero-order valence-corrected chi connectivity index (χ0v) is 11.1. The van der Waals surface area contributed by atoms with Gasteiger partial charge in [0, 0.05) is 13.1 Å². The molecular formula is C13H22N2O2. The van der Waals surface area contributed by atoms with Crippen LogP contribution in [0, 0.1) is 5.92 Å². The Bertz CT molecular complexity index is 333. The molecule has 1 N–H and O–H groups in total. The quantitative estimate of drug-likeness (QED) is 0.857. The number of urea groups is 1. The van der Waals surface area contributed by atoms with Gasteiger partial charge in [0.2, 0.25) is 0 Å². The molecule has 0 spiro atoms. The highest BCUT2D eigenvalue weighted by atomic mass is 16.3. The first-order chi connectivity index (χ1) is 8.00. The lowest BCUT2D eigenvalue weighted by atomic mass is 10.0. The Hall–Kier alpha value is -1.45. The summed E-state index contributed by atoms with van der Waals surface area (Å²) in [5.41, 5.74) is 0. The van der Waals surface area contributed by atoms with Crippen LogP contribution in [0.25, 0.3) is 0 Å². The van der Waals surface area contributed by atoms with Crippen molar-refractivity contribution in [2.75, 3.05) is 7.05 Å². The number of rotatable bonds is 5. The first-order valence-electron chi connectivity index (χ1n) is 6.03. The Labute approximate surface area is 103 Å². The van der Waals surface area contributed by atoms with Gasteiger partial charge >= 0.3 is 6.03 Å². The second kappa shape index (κ2) is 6.33. The van der Waals surface area contributed by atoms with Gasteiger partial charge in [-0.2, -0.15) is 0 Å². The first-order valence-corrected chi connectivity index (χ1v) is 6.03. The summed E-state index contributed by atoms with van der Waals surface area (Å²) in [7, 11) is 1.82. The van der Waals surface area contributed by atoms with Crippen LogP contribution in [0.4, 0.5) is 4.79 Å². The molecule has 0 saturated carbocycles. The number of furan rings is 1. The molecule has 1 unspecified atom stereocenters. The predicted molar refractivity (Wildman–Crippen MR) is 67.6 cm³/mol. The molecular weight excluding hydrogens is 216 g/mol. The zero-order chi connectivity index (χ0) is 12.8. The van der Waals surface area contributed by atoms with E-state index in [1.54, 1.807) is 11.2 Å². The lowest BCUT2D eigenvalue weighted by molar-refractivity contribution is 0.185. The predicted octanol–water partition coefficient (Wildman–Crippen LogP) is 2.86. The Morgan fingerprint density at radius 1 is 1.47 bits per heavy atom. The minimum atomic E-state index is -0.0606. The van der Waals surface area contributed by atoms with E-state index in [0.717, 1.165) is 12.2 Å². The minimum absolute atomic E-state index is 0.0606. The maximum atomic E-state index is 11.8. The molecule has 1 aromatic heterocycles. The van der Waals surface area contributed by atoms with E-state index in [4.69, 9.17) is 4.42 Å². The van der Waals surface area contributed by atoms with Crippen molar-refractivity contribution in [3.8, 4) is 0 Å². The summed E-state index contributed by atoms with van der Waals surface area (Å²) < 4.78 is 5.16. The number of carbonyl (C=O) groups excluding carboxylic acids is 1. The van der Waals surface area contributed by atoms with Crippen LogP contribution in [0.2, 0.25) is 0 Å². The fourth-order valence-electron chi connectivity index (χ4n) is 1.74. The van der Waals surface area contributed by atoms with Gasteiger partial charge in [0.1, 0.15) is 5.76 Å². The number of hydrogen-bond donors (Lipinski definition) is 1. The number of carbonyl (C=O) groups is 1. The third-order valence-corrected chi connectivity index (χ3v) is 2.79. The number of hydrogen-bond acceptors (Lipinski definition) is 2. The summed E-state index contributed by atoms with van der Waals surface area (Å²) in [6, 6.07) is 3.84. The van der Waals surface area contributed by atoms with E-state index >= 15 is 0 Å². The highest BCUT2D eigenvalue weighted by Gasteiger charge is 2.16. The standard InChI is InChI=1S/C13H22N2O2/c1-10(2)8-11(3)15(4)13(16)14-9-12-6-5-7-17-12/h5-7,10-11H,8-9H2,1-4H3,(H,14,16). The molecule has 1 aromatic rings.